The van der Waals surface area contributed by atoms with Crippen molar-refractivity contribution in [2.24, 2.45) is 5.92 Å². The van der Waals surface area contributed by atoms with Gasteiger partial charge in [-0.05, 0) is 51.1 Å². The van der Waals surface area contributed by atoms with Crippen LogP contribution in [0.4, 0.5) is 0 Å². The molecule has 0 aromatic heterocycles. The molecule has 0 aliphatic carbocycles. The predicted molar refractivity (Wildman–Crippen MR) is 99.8 cm³/mol. The minimum Gasteiger partial charge on any atom is -0.299 e. The quantitative estimate of drug-likeness (QED) is 0.513. The molecule has 0 amide bonds. The van der Waals surface area contributed by atoms with Crippen LogP contribution in [-0.4, -0.2) is 30.2 Å². The predicted octanol–water partition coefficient (Wildman–Crippen LogP) is 5.36. The monoisotopic (exact) mass is 330 g/mol. The molecule has 1 N–H and O–H groups in total. The van der Waals surface area contributed by atoms with E-state index in [4.69, 9.17) is 0 Å². The molecule has 3 rings (SSSR count). The molecule has 2 bridgehead atoms. The lowest BCUT2D eigenvalue weighted by Crippen LogP contribution is -2.57. The fraction of sp³-hybridized carbons (Fsp3) is 1.00. The molecule has 3 aliphatic heterocycles. The van der Waals surface area contributed by atoms with E-state index in [0.717, 1.165) is 12.0 Å². The van der Waals surface area contributed by atoms with Crippen molar-refractivity contribution in [3.05, 3.63) is 0 Å². The molecule has 3 heterocycles. The van der Waals surface area contributed by atoms with Crippen molar-refractivity contribution < 1.29 is 0 Å². The largest absolute Gasteiger partial charge is 0.299 e. The first-order valence-electron chi connectivity index (χ1n) is 9.83. The second-order valence-electron chi connectivity index (χ2n) is 7.44. The van der Waals surface area contributed by atoms with E-state index in [-0.39, 0.29) is 12.4 Å². The summed E-state index contributed by atoms with van der Waals surface area (Å²) in [6, 6.07) is 0.769. The van der Waals surface area contributed by atoms with Gasteiger partial charge in [-0.1, -0.05) is 58.8 Å². The molecule has 0 aromatic carbocycles. The van der Waals surface area contributed by atoms with Gasteiger partial charge in [0.2, 0.25) is 0 Å². The second-order valence-corrected chi connectivity index (χ2v) is 7.44. The topological polar surface area (TPSA) is 15.3 Å². The van der Waals surface area contributed by atoms with Crippen LogP contribution in [0.2, 0.25) is 0 Å². The molecule has 3 saturated heterocycles. The Morgan fingerprint density at radius 3 is 2.18 bits per heavy atom. The lowest BCUT2D eigenvalue weighted by Gasteiger charge is -2.47. The zero-order valence-electron chi connectivity index (χ0n) is 15.0. The van der Waals surface area contributed by atoms with E-state index in [0.29, 0.717) is 6.17 Å². The smallest absolute Gasteiger partial charge is 0.0601 e. The van der Waals surface area contributed by atoms with Crippen molar-refractivity contribution in [3.63, 3.8) is 0 Å². The van der Waals surface area contributed by atoms with Gasteiger partial charge in [-0.15, -0.1) is 12.4 Å². The van der Waals surface area contributed by atoms with E-state index in [1.54, 1.807) is 0 Å². The highest BCUT2D eigenvalue weighted by atomic mass is 35.5. The normalized spacial score (nSPS) is 28.4. The summed E-state index contributed by atoms with van der Waals surface area (Å²) in [5.74, 6) is 1.02. The van der Waals surface area contributed by atoms with Gasteiger partial charge in [0.25, 0.3) is 0 Å². The van der Waals surface area contributed by atoms with Crippen molar-refractivity contribution in [2.75, 3.05) is 13.1 Å². The Morgan fingerprint density at radius 2 is 1.59 bits per heavy atom. The highest BCUT2D eigenvalue weighted by molar-refractivity contribution is 5.85. The third kappa shape index (κ3) is 6.76. The Balaban J connectivity index is 0.00000242. The lowest BCUT2D eigenvalue weighted by atomic mass is 9.86. The Hall–Kier alpha value is 0.210. The van der Waals surface area contributed by atoms with Gasteiger partial charge in [0, 0.05) is 6.04 Å². The number of piperidine rings is 3. The summed E-state index contributed by atoms with van der Waals surface area (Å²) in [5.41, 5.74) is 0. The van der Waals surface area contributed by atoms with Gasteiger partial charge in [-0.25, -0.2) is 0 Å². The van der Waals surface area contributed by atoms with Crippen LogP contribution in [0.5, 0.6) is 0 Å². The standard InChI is InChI=1S/C19H38N2.ClH/c1-3-5-6-7-8-9-11-18(10-4-2)20-19-16-17-12-14-21(19)15-13-17;/h17-20H,3-16H2,1-2H3;1H. The number of hydrogen-bond acceptors (Lipinski definition) is 2. The third-order valence-electron chi connectivity index (χ3n) is 5.62. The molecule has 0 spiro atoms. The van der Waals surface area contributed by atoms with E-state index in [1.165, 1.54) is 90.1 Å². The third-order valence-corrected chi connectivity index (χ3v) is 5.62. The van der Waals surface area contributed by atoms with Gasteiger partial charge < -0.3 is 0 Å². The summed E-state index contributed by atoms with van der Waals surface area (Å²) in [6.45, 7) is 7.33. The first-order chi connectivity index (χ1) is 10.3. The Morgan fingerprint density at radius 1 is 0.909 bits per heavy atom. The maximum absolute atomic E-state index is 4.02. The van der Waals surface area contributed by atoms with Crippen molar-refractivity contribution in [3.8, 4) is 0 Å². The van der Waals surface area contributed by atoms with E-state index in [9.17, 15) is 0 Å². The zero-order valence-corrected chi connectivity index (χ0v) is 15.8. The van der Waals surface area contributed by atoms with Gasteiger partial charge in [0.05, 0.1) is 6.17 Å². The molecule has 0 saturated carbocycles. The summed E-state index contributed by atoms with van der Waals surface area (Å²) in [4.78, 5) is 2.71. The number of halogens is 1. The summed E-state index contributed by atoms with van der Waals surface area (Å²) in [6.07, 6.45) is 17.7. The molecule has 3 fully saturated rings. The Bertz CT molecular complexity index is 264. The van der Waals surface area contributed by atoms with E-state index >= 15 is 0 Å². The zero-order chi connectivity index (χ0) is 14.9. The van der Waals surface area contributed by atoms with Gasteiger partial charge in [0.15, 0.2) is 0 Å². The minimum atomic E-state index is 0. The van der Waals surface area contributed by atoms with Gasteiger partial charge in [0.1, 0.15) is 0 Å². The van der Waals surface area contributed by atoms with Crippen LogP contribution in [0.3, 0.4) is 0 Å². The SMILES string of the molecule is CCCCCCCCC(CCC)NC1CC2CCN1CC2.Cl. The fourth-order valence-corrected chi connectivity index (χ4v) is 4.24. The maximum Gasteiger partial charge on any atom is 0.0601 e. The van der Waals surface area contributed by atoms with E-state index < -0.39 is 0 Å². The Labute approximate surface area is 145 Å². The first-order valence-corrected chi connectivity index (χ1v) is 9.83. The van der Waals surface area contributed by atoms with Crippen LogP contribution in [0, 0.1) is 5.92 Å². The van der Waals surface area contributed by atoms with Gasteiger partial charge in [-0.2, -0.15) is 0 Å². The molecule has 2 atom stereocenters. The molecule has 3 aliphatic rings. The minimum absolute atomic E-state index is 0. The molecule has 0 radical (unpaired) electrons. The molecule has 132 valence electrons. The fourth-order valence-electron chi connectivity index (χ4n) is 4.24. The maximum atomic E-state index is 4.02. The van der Waals surface area contributed by atoms with Gasteiger partial charge >= 0.3 is 0 Å². The molecule has 3 heteroatoms. The summed E-state index contributed by atoms with van der Waals surface area (Å²) in [5, 5.41) is 4.02. The van der Waals surface area contributed by atoms with Crippen molar-refractivity contribution in [1.82, 2.24) is 10.2 Å². The van der Waals surface area contributed by atoms with Crippen LogP contribution < -0.4 is 5.32 Å². The average molecular weight is 331 g/mol. The van der Waals surface area contributed by atoms with Crippen molar-refractivity contribution in [1.29, 1.82) is 0 Å². The van der Waals surface area contributed by atoms with Crippen LogP contribution in [0.1, 0.15) is 90.9 Å². The molecule has 0 aromatic rings. The van der Waals surface area contributed by atoms with E-state index in [2.05, 4.69) is 24.1 Å². The first kappa shape index (κ1) is 20.3. The average Bonchev–Trinajstić information content (AvgIpc) is 2.52. The van der Waals surface area contributed by atoms with Crippen LogP contribution >= 0.6 is 12.4 Å². The number of nitrogens with zero attached hydrogens (tertiary/aromatic N) is 1. The highest BCUT2D eigenvalue weighted by Gasteiger charge is 2.34. The van der Waals surface area contributed by atoms with E-state index in [1.807, 2.05) is 0 Å². The summed E-state index contributed by atoms with van der Waals surface area (Å²) >= 11 is 0. The lowest BCUT2D eigenvalue weighted by molar-refractivity contribution is 0.0232. The summed E-state index contributed by atoms with van der Waals surface area (Å²) < 4.78 is 0. The molecular formula is C19H39ClN2. The van der Waals surface area contributed by atoms with Crippen LogP contribution in [-0.2, 0) is 0 Å². The van der Waals surface area contributed by atoms with Gasteiger partial charge in [-0.3, -0.25) is 10.2 Å². The number of unbranched alkanes of at least 4 members (excludes halogenated alkanes) is 5. The molecule has 2 unspecified atom stereocenters. The molecular weight excluding hydrogens is 292 g/mol. The summed E-state index contributed by atoms with van der Waals surface area (Å²) in [7, 11) is 0. The number of fused-ring (bicyclic) bond motifs is 3. The Kier molecular flexibility index (Phi) is 10.8. The number of nitrogens with one attached hydrogen (secondary N) is 1. The highest BCUT2D eigenvalue weighted by Crippen LogP contribution is 2.31. The second kappa shape index (κ2) is 11.7. The number of hydrogen-bond donors (Lipinski definition) is 1. The molecule has 22 heavy (non-hydrogen) atoms. The van der Waals surface area contributed by atoms with Crippen molar-refractivity contribution in [2.45, 2.75) is 103 Å². The molecule has 2 nitrogen and oxygen atoms in total. The number of rotatable bonds is 11. The van der Waals surface area contributed by atoms with Crippen molar-refractivity contribution >= 4 is 12.4 Å². The van der Waals surface area contributed by atoms with Crippen LogP contribution in [0.25, 0.3) is 0 Å². The van der Waals surface area contributed by atoms with Crippen LogP contribution in [0.15, 0.2) is 0 Å².